The number of hydrogen-bond acceptors (Lipinski definition) is 1. The number of aliphatic hydroxyl groups is 1. The molecule has 2 aromatic carbocycles. The molecule has 0 fully saturated rings. The van der Waals surface area contributed by atoms with Crippen LogP contribution in [0.25, 0.3) is 10.8 Å². The summed E-state index contributed by atoms with van der Waals surface area (Å²) in [5, 5.41) is 12.8. The van der Waals surface area contributed by atoms with E-state index in [2.05, 4.69) is 73.9 Å². The molecule has 0 aromatic heterocycles. The van der Waals surface area contributed by atoms with Crippen molar-refractivity contribution in [1.82, 2.24) is 0 Å². The minimum absolute atomic E-state index is 0.0994. The minimum atomic E-state index is -0.0994. The first kappa shape index (κ1) is 20.9. The zero-order chi connectivity index (χ0) is 21.3. The van der Waals surface area contributed by atoms with Gasteiger partial charge in [-0.2, -0.15) is 4.58 Å². The number of unbranched alkanes of at least 4 members (excludes halogenated alkanes) is 1. The Kier molecular flexibility index (Phi) is 5.88. The van der Waals surface area contributed by atoms with Gasteiger partial charge in [0.15, 0.2) is 5.71 Å². The quantitative estimate of drug-likeness (QED) is 0.388. The molecule has 1 aliphatic carbocycles. The highest BCUT2D eigenvalue weighted by molar-refractivity contribution is 6.32. The maximum absolute atomic E-state index is 9.48. The molecule has 1 aliphatic heterocycles. The van der Waals surface area contributed by atoms with Crippen molar-refractivity contribution in [3.05, 3.63) is 76.6 Å². The normalized spacial score (nSPS) is 20.1. The average Bonchev–Trinajstić information content (AvgIpc) is 2.97. The second-order valence-electron chi connectivity index (χ2n) is 8.88. The second-order valence-corrected chi connectivity index (χ2v) is 9.25. The third kappa shape index (κ3) is 3.52. The van der Waals surface area contributed by atoms with E-state index in [4.69, 9.17) is 11.6 Å². The van der Waals surface area contributed by atoms with Gasteiger partial charge < -0.3 is 5.11 Å². The van der Waals surface area contributed by atoms with Gasteiger partial charge in [0.05, 0.1) is 16.7 Å². The first-order chi connectivity index (χ1) is 14.5. The van der Waals surface area contributed by atoms with Crippen molar-refractivity contribution in [2.45, 2.75) is 58.3 Å². The number of allylic oxidation sites excluding steroid dienone is 5. The lowest BCUT2D eigenvalue weighted by molar-refractivity contribution is -0.438. The van der Waals surface area contributed by atoms with Crippen LogP contribution in [0.5, 0.6) is 0 Å². The molecule has 1 heterocycles. The third-order valence-corrected chi connectivity index (χ3v) is 7.03. The predicted octanol–water partition coefficient (Wildman–Crippen LogP) is 7.69. The van der Waals surface area contributed by atoms with E-state index in [0.29, 0.717) is 5.03 Å². The van der Waals surface area contributed by atoms with Crippen molar-refractivity contribution in [2.24, 2.45) is 0 Å². The maximum atomic E-state index is 9.48. The summed E-state index contributed by atoms with van der Waals surface area (Å²) in [5.74, 6) is 0. The number of aliphatic hydroxyl groups excluding tert-OH is 1. The summed E-state index contributed by atoms with van der Waals surface area (Å²) in [6.07, 6.45) is 10.7. The van der Waals surface area contributed by atoms with E-state index in [1.54, 1.807) is 0 Å². The molecular formula is C27H31ClNO+. The van der Waals surface area contributed by atoms with Crippen LogP contribution in [0, 0.1) is 0 Å². The first-order valence-corrected chi connectivity index (χ1v) is 11.4. The lowest BCUT2D eigenvalue weighted by atomic mass is 9.79. The minimum Gasteiger partial charge on any atom is -0.515 e. The topological polar surface area (TPSA) is 23.2 Å². The Morgan fingerprint density at radius 3 is 2.67 bits per heavy atom. The van der Waals surface area contributed by atoms with Gasteiger partial charge in [0.1, 0.15) is 6.54 Å². The fourth-order valence-corrected chi connectivity index (χ4v) is 5.25. The highest BCUT2D eigenvalue weighted by Crippen LogP contribution is 2.44. The van der Waals surface area contributed by atoms with E-state index in [-0.39, 0.29) is 5.41 Å². The molecule has 0 bridgehead atoms. The lowest BCUT2D eigenvalue weighted by Crippen LogP contribution is -2.28. The molecule has 4 rings (SSSR count). The molecule has 156 valence electrons. The Hall–Kier alpha value is -2.32. The number of nitrogens with zero attached hydrogens (tertiary/aromatic N) is 1. The van der Waals surface area contributed by atoms with Crippen molar-refractivity contribution in [3.8, 4) is 0 Å². The van der Waals surface area contributed by atoms with E-state index < -0.39 is 0 Å². The van der Waals surface area contributed by atoms with E-state index in [1.165, 1.54) is 34.2 Å². The van der Waals surface area contributed by atoms with E-state index in [1.807, 2.05) is 0 Å². The Bertz CT molecular complexity index is 1100. The summed E-state index contributed by atoms with van der Waals surface area (Å²) < 4.78 is 2.50. The molecule has 0 saturated carbocycles. The molecule has 3 heteroatoms. The van der Waals surface area contributed by atoms with Gasteiger partial charge in [0.2, 0.25) is 5.69 Å². The van der Waals surface area contributed by atoms with Crippen molar-refractivity contribution < 1.29 is 9.68 Å². The van der Waals surface area contributed by atoms with Gasteiger partial charge in [-0.1, -0.05) is 55.3 Å². The summed E-state index contributed by atoms with van der Waals surface area (Å²) in [5.41, 5.74) is 5.91. The monoisotopic (exact) mass is 420 g/mol. The zero-order valence-electron chi connectivity index (χ0n) is 18.2. The Labute approximate surface area is 184 Å². The van der Waals surface area contributed by atoms with Crippen LogP contribution in [0.1, 0.15) is 58.4 Å². The molecule has 0 unspecified atom stereocenters. The maximum Gasteiger partial charge on any atom is 0.210 e. The molecule has 2 aromatic rings. The third-order valence-electron chi connectivity index (χ3n) is 6.54. The standard InChI is InChI=1S/C27H30ClNO/c1-4-5-17-29-23-15-13-19-9-6-7-12-22(19)25(23)27(2,3)24(29)16-14-20-10-8-11-21(18-30)26(20)28/h6-7,9,12-16,18H,4-5,8,10-11,17H2,1-3H3/p+1. The predicted molar refractivity (Wildman–Crippen MR) is 128 cm³/mol. The summed E-state index contributed by atoms with van der Waals surface area (Å²) in [7, 11) is 0. The molecule has 2 aliphatic rings. The highest BCUT2D eigenvalue weighted by Gasteiger charge is 2.45. The van der Waals surface area contributed by atoms with Crippen LogP contribution < -0.4 is 0 Å². The van der Waals surface area contributed by atoms with Gasteiger partial charge in [-0.3, -0.25) is 0 Å². The zero-order valence-corrected chi connectivity index (χ0v) is 19.0. The largest absolute Gasteiger partial charge is 0.515 e. The lowest BCUT2D eigenvalue weighted by Gasteiger charge is -2.18. The van der Waals surface area contributed by atoms with Crippen molar-refractivity contribution in [3.63, 3.8) is 0 Å². The van der Waals surface area contributed by atoms with Crippen LogP contribution in [0.2, 0.25) is 0 Å². The van der Waals surface area contributed by atoms with Crippen molar-refractivity contribution in [1.29, 1.82) is 0 Å². The van der Waals surface area contributed by atoms with Gasteiger partial charge in [-0.05, 0) is 55.5 Å². The molecule has 2 nitrogen and oxygen atoms in total. The van der Waals surface area contributed by atoms with Crippen LogP contribution in [-0.2, 0) is 5.41 Å². The van der Waals surface area contributed by atoms with Crippen LogP contribution in [0.3, 0.4) is 0 Å². The smallest absolute Gasteiger partial charge is 0.210 e. The second kappa shape index (κ2) is 8.43. The Balaban J connectivity index is 1.85. The summed E-state index contributed by atoms with van der Waals surface area (Å²) in [6.45, 7) is 7.92. The molecule has 1 N–H and O–H groups in total. The molecule has 0 radical (unpaired) electrons. The summed E-state index contributed by atoms with van der Waals surface area (Å²) >= 11 is 6.57. The number of rotatable bonds is 5. The van der Waals surface area contributed by atoms with Crippen LogP contribution in [0.15, 0.2) is 71.0 Å². The van der Waals surface area contributed by atoms with Gasteiger partial charge in [0.25, 0.3) is 0 Å². The highest BCUT2D eigenvalue weighted by atomic mass is 35.5. The van der Waals surface area contributed by atoms with Gasteiger partial charge in [-0.15, -0.1) is 0 Å². The molecular weight excluding hydrogens is 390 g/mol. The molecule has 0 spiro atoms. The Morgan fingerprint density at radius 2 is 1.90 bits per heavy atom. The summed E-state index contributed by atoms with van der Waals surface area (Å²) in [6, 6.07) is 13.2. The number of hydrogen-bond donors (Lipinski definition) is 1. The number of halogens is 1. The molecule has 0 saturated heterocycles. The number of fused-ring (bicyclic) bond motifs is 3. The molecule has 30 heavy (non-hydrogen) atoms. The fraction of sp³-hybridized carbons (Fsp3) is 0.370. The van der Waals surface area contributed by atoms with Gasteiger partial charge in [-0.25, -0.2) is 0 Å². The molecule has 0 atom stereocenters. The van der Waals surface area contributed by atoms with E-state index >= 15 is 0 Å². The van der Waals surface area contributed by atoms with Gasteiger partial charge in [0, 0.05) is 29.7 Å². The van der Waals surface area contributed by atoms with Crippen LogP contribution >= 0.6 is 11.6 Å². The summed E-state index contributed by atoms with van der Waals surface area (Å²) in [4.78, 5) is 0. The Morgan fingerprint density at radius 1 is 1.10 bits per heavy atom. The van der Waals surface area contributed by atoms with Crippen molar-refractivity contribution in [2.75, 3.05) is 6.54 Å². The SMILES string of the molecule is CCCC[N+]1=C(/C=C/C2=C(Cl)C(=C/O)/CCC2)C(C)(C)c2c1ccc1ccccc21. The van der Waals surface area contributed by atoms with Crippen LogP contribution in [0.4, 0.5) is 5.69 Å². The first-order valence-electron chi connectivity index (χ1n) is 11.1. The van der Waals surface area contributed by atoms with E-state index in [9.17, 15) is 5.11 Å². The van der Waals surface area contributed by atoms with Gasteiger partial charge >= 0.3 is 0 Å². The number of benzene rings is 2. The average molecular weight is 421 g/mol. The van der Waals surface area contributed by atoms with Crippen LogP contribution in [-0.4, -0.2) is 21.9 Å². The van der Waals surface area contributed by atoms with Crippen molar-refractivity contribution >= 4 is 33.8 Å². The fourth-order valence-electron chi connectivity index (χ4n) is 4.94. The molecule has 0 amide bonds. The van der Waals surface area contributed by atoms with E-state index in [0.717, 1.165) is 49.6 Å².